The summed E-state index contributed by atoms with van der Waals surface area (Å²) in [6.45, 7) is 3.51. The number of H-pyrrole nitrogens is 1. The monoisotopic (exact) mass is 123 g/mol. The summed E-state index contributed by atoms with van der Waals surface area (Å²) < 4.78 is 0. The number of aromatic hydroxyl groups is 1. The van der Waals surface area contributed by atoms with Gasteiger partial charge in [-0.2, -0.15) is 4.98 Å². The van der Waals surface area contributed by atoms with E-state index in [4.69, 9.17) is 5.11 Å². The molecule has 1 rings (SSSR count). The smallest absolute Gasteiger partial charge is 0.291 e. The molecule has 2 N–H and O–H groups in total. The normalized spacial score (nSPS) is 9.33. The van der Waals surface area contributed by atoms with Crippen molar-refractivity contribution < 1.29 is 5.11 Å². The summed E-state index contributed by atoms with van der Waals surface area (Å²) in [6.07, 6.45) is 4.99. The second-order valence-corrected chi connectivity index (χ2v) is 1.62. The SMILES string of the molecule is C=CCc1[c][nH]c(O)n1. The Morgan fingerprint density at radius 2 is 2.67 bits per heavy atom. The largest absolute Gasteiger partial charge is 0.480 e. The summed E-state index contributed by atoms with van der Waals surface area (Å²) in [6, 6.07) is -0.0909. The van der Waals surface area contributed by atoms with Crippen molar-refractivity contribution in [2.75, 3.05) is 0 Å². The Morgan fingerprint density at radius 3 is 3.11 bits per heavy atom. The lowest BCUT2D eigenvalue weighted by molar-refractivity contribution is 0.435. The standard InChI is InChI=1S/C6H7N2O/c1-2-3-5-4-7-6(9)8-5/h2H,1,3H2,(H2,7,8,9). The van der Waals surface area contributed by atoms with Gasteiger partial charge in [0.1, 0.15) is 0 Å². The van der Waals surface area contributed by atoms with Crippen molar-refractivity contribution in [3.05, 3.63) is 24.5 Å². The lowest BCUT2D eigenvalue weighted by Crippen LogP contribution is -1.77. The van der Waals surface area contributed by atoms with Crippen molar-refractivity contribution >= 4 is 0 Å². The molecule has 1 radical (unpaired) electrons. The van der Waals surface area contributed by atoms with E-state index >= 15 is 0 Å². The third-order valence-corrected chi connectivity index (χ3v) is 0.897. The fraction of sp³-hybridized carbons (Fsp3) is 0.167. The predicted octanol–water partition coefficient (Wildman–Crippen LogP) is 0.644. The van der Waals surface area contributed by atoms with Gasteiger partial charge in [0.25, 0.3) is 6.01 Å². The van der Waals surface area contributed by atoms with E-state index in [0.29, 0.717) is 12.1 Å². The van der Waals surface area contributed by atoms with Crippen molar-refractivity contribution in [2.45, 2.75) is 6.42 Å². The van der Waals surface area contributed by atoms with Crippen molar-refractivity contribution in [2.24, 2.45) is 0 Å². The zero-order valence-electron chi connectivity index (χ0n) is 4.89. The van der Waals surface area contributed by atoms with Crippen LogP contribution in [-0.4, -0.2) is 15.1 Å². The number of rotatable bonds is 2. The van der Waals surface area contributed by atoms with Crippen LogP contribution < -0.4 is 0 Å². The summed E-state index contributed by atoms with van der Waals surface area (Å²) in [4.78, 5) is 6.10. The van der Waals surface area contributed by atoms with E-state index in [1.165, 1.54) is 0 Å². The van der Waals surface area contributed by atoms with Crippen LogP contribution in [0.4, 0.5) is 0 Å². The molecule has 0 aliphatic carbocycles. The van der Waals surface area contributed by atoms with Gasteiger partial charge in [-0.05, 0) is 0 Å². The molecular weight excluding hydrogens is 116 g/mol. The summed E-state index contributed by atoms with van der Waals surface area (Å²) in [5.41, 5.74) is 0.683. The number of hydrogen-bond acceptors (Lipinski definition) is 2. The average molecular weight is 123 g/mol. The molecule has 1 aromatic heterocycles. The van der Waals surface area contributed by atoms with Gasteiger partial charge < -0.3 is 10.1 Å². The van der Waals surface area contributed by atoms with E-state index in [2.05, 4.69) is 22.7 Å². The molecule has 0 spiro atoms. The van der Waals surface area contributed by atoms with Crippen LogP contribution in [0.25, 0.3) is 0 Å². The van der Waals surface area contributed by atoms with Crippen molar-refractivity contribution in [1.29, 1.82) is 0 Å². The summed E-state index contributed by atoms with van der Waals surface area (Å²) in [5.74, 6) is 0. The van der Waals surface area contributed by atoms with E-state index in [0.717, 1.165) is 0 Å². The molecule has 0 atom stereocenters. The molecule has 0 bridgehead atoms. The van der Waals surface area contributed by atoms with Crippen molar-refractivity contribution in [3.8, 4) is 6.01 Å². The molecule has 0 saturated heterocycles. The summed E-state index contributed by atoms with van der Waals surface area (Å²) >= 11 is 0. The van der Waals surface area contributed by atoms with Crippen LogP contribution in [0.2, 0.25) is 0 Å². The maximum Gasteiger partial charge on any atom is 0.291 e. The lowest BCUT2D eigenvalue weighted by Gasteiger charge is -1.80. The fourth-order valence-corrected chi connectivity index (χ4v) is 0.545. The quantitative estimate of drug-likeness (QED) is 0.567. The van der Waals surface area contributed by atoms with Crippen molar-refractivity contribution in [1.82, 2.24) is 9.97 Å². The first kappa shape index (κ1) is 5.88. The molecule has 0 aliphatic rings. The van der Waals surface area contributed by atoms with Crippen LogP contribution >= 0.6 is 0 Å². The summed E-state index contributed by atoms with van der Waals surface area (Å²) in [7, 11) is 0. The van der Waals surface area contributed by atoms with E-state index in [1.54, 1.807) is 6.08 Å². The third kappa shape index (κ3) is 1.32. The predicted molar refractivity (Wildman–Crippen MR) is 33.0 cm³/mol. The zero-order valence-corrected chi connectivity index (χ0v) is 4.89. The van der Waals surface area contributed by atoms with Gasteiger partial charge in [0.2, 0.25) is 0 Å². The molecule has 0 aliphatic heterocycles. The highest BCUT2D eigenvalue weighted by Crippen LogP contribution is 2.01. The molecular formula is C6H7N2O. The Balaban J connectivity index is 2.72. The van der Waals surface area contributed by atoms with Crippen LogP contribution in [0.15, 0.2) is 12.7 Å². The van der Waals surface area contributed by atoms with Gasteiger partial charge in [-0.25, -0.2) is 0 Å². The number of hydrogen-bond donors (Lipinski definition) is 2. The number of aromatic nitrogens is 2. The summed E-state index contributed by atoms with van der Waals surface area (Å²) in [5, 5.41) is 8.65. The first-order valence-corrected chi connectivity index (χ1v) is 2.59. The zero-order chi connectivity index (χ0) is 6.69. The molecule has 0 saturated carbocycles. The molecule has 1 heterocycles. The molecule has 0 fully saturated rings. The lowest BCUT2D eigenvalue weighted by atomic mass is 10.3. The topological polar surface area (TPSA) is 48.9 Å². The number of nitrogens with zero attached hydrogens (tertiary/aromatic N) is 1. The fourth-order valence-electron chi connectivity index (χ4n) is 0.545. The second-order valence-electron chi connectivity index (χ2n) is 1.62. The number of aromatic amines is 1. The van der Waals surface area contributed by atoms with E-state index < -0.39 is 0 Å². The number of nitrogens with one attached hydrogen (secondary N) is 1. The maximum atomic E-state index is 8.65. The maximum absolute atomic E-state index is 8.65. The van der Waals surface area contributed by atoms with Crippen LogP contribution in [0.5, 0.6) is 6.01 Å². The molecule has 0 aromatic carbocycles. The Hall–Kier alpha value is -1.25. The molecule has 0 amide bonds. The highest BCUT2D eigenvalue weighted by Gasteiger charge is 1.94. The Bertz CT molecular complexity index is 205. The van der Waals surface area contributed by atoms with Gasteiger partial charge in [0.15, 0.2) is 0 Å². The van der Waals surface area contributed by atoms with Crippen LogP contribution in [0, 0.1) is 6.20 Å². The molecule has 3 heteroatoms. The van der Waals surface area contributed by atoms with E-state index in [1.807, 2.05) is 0 Å². The minimum atomic E-state index is -0.0909. The van der Waals surface area contributed by atoms with Crippen LogP contribution in [0.1, 0.15) is 5.69 Å². The molecule has 9 heavy (non-hydrogen) atoms. The molecule has 47 valence electrons. The highest BCUT2D eigenvalue weighted by molar-refractivity contribution is 5.04. The second kappa shape index (κ2) is 2.35. The highest BCUT2D eigenvalue weighted by atomic mass is 16.3. The minimum absolute atomic E-state index is 0.0909. The van der Waals surface area contributed by atoms with Gasteiger partial charge in [-0.15, -0.1) is 6.58 Å². The van der Waals surface area contributed by atoms with Crippen molar-refractivity contribution in [3.63, 3.8) is 0 Å². The van der Waals surface area contributed by atoms with Gasteiger partial charge in [0, 0.05) is 6.42 Å². The Labute approximate surface area is 53.1 Å². The van der Waals surface area contributed by atoms with Crippen LogP contribution in [-0.2, 0) is 6.42 Å². The van der Waals surface area contributed by atoms with Gasteiger partial charge in [0.05, 0.1) is 11.9 Å². The van der Waals surface area contributed by atoms with Gasteiger partial charge in [-0.3, -0.25) is 0 Å². The Kier molecular flexibility index (Phi) is 1.53. The molecule has 0 unspecified atom stereocenters. The average Bonchev–Trinajstić information content (AvgIpc) is 2.17. The number of allylic oxidation sites excluding steroid dienone is 1. The first-order valence-electron chi connectivity index (χ1n) is 2.59. The van der Waals surface area contributed by atoms with Gasteiger partial charge in [-0.1, -0.05) is 6.08 Å². The van der Waals surface area contributed by atoms with Gasteiger partial charge >= 0.3 is 0 Å². The third-order valence-electron chi connectivity index (χ3n) is 0.897. The number of imidazole rings is 1. The molecule has 1 aromatic rings. The Morgan fingerprint density at radius 1 is 1.89 bits per heavy atom. The minimum Gasteiger partial charge on any atom is -0.480 e. The van der Waals surface area contributed by atoms with Crippen LogP contribution in [0.3, 0.4) is 0 Å². The molecule has 3 nitrogen and oxygen atoms in total. The van der Waals surface area contributed by atoms with E-state index in [9.17, 15) is 0 Å². The van der Waals surface area contributed by atoms with E-state index in [-0.39, 0.29) is 6.01 Å². The first-order chi connectivity index (χ1) is 4.33.